The first-order valence-corrected chi connectivity index (χ1v) is 10.1. The molecule has 0 unspecified atom stereocenters. The summed E-state index contributed by atoms with van der Waals surface area (Å²) in [5.74, 6) is 0.294. The van der Waals surface area contributed by atoms with Crippen molar-refractivity contribution in [1.29, 1.82) is 0 Å². The van der Waals surface area contributed by atoms with E-state index in [1.165, 1.54) is 12.2 Å². The van der Waals surface area contributed by atoms with Crippen LogP contribution in [0.15, 0.2) is 65.2 Å². The van der Waals surface area contributed by atoms with Crippen LogP contribution in [0.2, 0.25) is 0 Å². The van der Waals surface area contributed by atoms with Gasteiger partial charge in [-0.3, -0.25) is 4.84 Å². The molecule has 1 atom stereocenters. The molecule has 0 spiro atoms. The van der Waals surface area contributed by atoms with Crippen LogP contribution in [0.1, 0.15) is 18.0 Å². The second-order valence-corrected chi connectivity index (χ2v) is 7.32. The molecule has 3 N–H and O–H groups in total. The van der Waals surface area contributed by atoms with Crippen LogP contribution >= 0.6 is 0 Å². The van der Waals surface area contributed by atoms with E-state index >= 15 is 0 Å². The van der Waals surface area contributed by atoms with E-state index in [-0.39, 0.29) is 12.1 Å². The maximum atomic E-state index is 13.1. The number of nitrogen functional groups attached to an aromatic ring is 1. The summed E-state index contributed by atoms with van der Waals surface area (Å²) in [5.41, 5.74) is 9.91. The van der Waals surface area contributed by atoms with Crippen LogP contribution in [0.3, 0.4) is 0 Å². The van der Waals surface area contributed by atoms with Gasteiger partial charge in [0.25, 0.3) is 6.01 Å². The number of rotatable bonds is 4. The number of aromatic nitrogens is 2. The SMILES string of the molecule is COc1ncc(-c2ccc3nc(N)oc3c2)cc1NC(=O)N1OCC[C@H]1c1ccccc1. The van der Waals surface area contributed by atoms with Crippen LogP contribution in [-0.4, -0.2) is 34.8 Å². The van der Waals surface area contributed by atoms with E-state index in [1.54, 1.807) is 12.3 Å². The minimum Gasteiger partial charge on any atom is -0.480 e. The van der Waals surface area contributed by atoms with E-state index in [2.05, 4.69) is 15.3 Å². The second-order valence-electron chi connectivity index (χ2n) is 7.32. The van der Waals surface area contributed by atoms with E-state index in [1.807, 2.05) is 48.5 Å². The molecule has 9 nitrogen and oxygen atoms in total. The number of anilines is 2. The number of amides is 2. The lowest BCUT2D eigenvalue weighted by Gasteiger charge is -2.23. The Labute approximate surface area is 183 Å². The summed E-state index contributed by atoms with van der Waals surface area (Å²) in [6.07, 6.45) is 2.38. The van der Waals surface area contributed by atoms with Gasteiger partial charge >= 0.3 is 6.03 Å². The minimum atomic E-state index is -0.396. The molecule has 0 radical (unpaired) electrons. The van der Waals surface area contributed by atoms with Crippen molar-refractivity contribution >= 4 is 28.8 Å². The highest BCUT2D eigenvalue weighted by Gasteiger charge is 2.32. The average Bonchev–Trinajstić information content (AvgIpc) is 3.45. The number of urea groups is 1. The van der Waals surface area contributed by atoms with Crippen LogP contribution in [-0.2, 0) is 4.84 Å². The highest BCUT2D eigenvalue weighted by atomic mass is 16.7. The van der Waals surface area contributed by atoms with Gasteiger partial charge in [-0.2, -0.15) is 10.0 Å². The first kappa shape index (κ1) is 19.8. The van der Waals surface area contributed by atoms with Crippen molar-refractivity contribution in [1.82, 2.24) is 15.0 Å². The highest BCUT2D eigenvalue weighted by Crippen LogP contribution is 2.33. The summed E-state index contributed by atoms with van der Waals surface area (Å²) in [4.78, 5) is 27.1. The van der Waals surface area contributed by atoms with Crippen molar-refractivity contribution in [2.75, 3.05) is 24.8 Å². The molecule has 162 valence electrons. The second kappa shape index (κ2) is 8.20. The third-order valence-corrected chi connectivity index (χ3v) is 5.31. The summed E-state index contributed by atoms with van der Waals surface area (Å²) in [6.45, 7) is 0.461. The van der Waals surface area contributed by atoms with E-state index in [0.29, 0.717) is 35.7 Å². The van der Waals surface area contributed by atoms with Gasteiger partial charge in [0, 0.05) is 18.2 Å². The number of nitrogens with one attached hydrogen (secondary N) is 1. The Morgan fingerprint density at radius 1 is 1.19 bits per heavy atom. The summed E-state index contributed by atoms with van der Waals surface area (Å²) in [7, 11) is 1.50. The lowest BCUT2D eigenvalue weighted by Crippen LogP contribution is -2.33. The number of nitrogens with zero attached hydrogens (tertiary/aromatic N) is 3. The zero-order valence-corrected chi connectivity index (χ0v) is 17.3. The quantitative estimate of drug-likeness (QED) is 0.492. The first-order valence-electron chi connectivity index (χ1n) is 10.1. The van der Waals surface area contributed by atoms with Gasteiger partial charge in [-0.1, -0.05) is 36.4 Å². The molecular formula is C23H21N5O4. The van der Waals surface area contributed by atoms with Crippen LogP contribution in [0.4, 0.5) is 16.5 Å². The number of oxazole rings is 1. The third-order valence-electron chi connectivity index (χ3n) is 5.31. The molecule has 2 aromatic carbocycles. The van der Waals surface area contributed by atoms with Crippen molar-refractivity contribution in [2.24, 2.45) is 0 Å². The van der Waals surface area contributed by atoms with Gasteiger partial charge in [0.05, 0.1) is 19.8 Å². The smallest absolute Gasteiger partial charge is 0.346 e. The Balaban J connectivity index is 1.43. The Bertz CT molecular complexity index is 1270. The largest absolute Gasteiger partial charge is 0.480 e. The van der Waals surface area contributed by atoms with E-state index in [9.17, 15) is 4.79 Å². The fourth-order valence-electron chi connectivity index (χ4n) is 3.80. The molecular weight excluding hydrogens is 410 g/mol. The number of ether oxygens (including phenoxy) is 1. The predicted octanol–water partition coefficient (Wildman–Crippen LogP) is 4.39. The number of methoxy groups -OCH3 is 1. The van der Waals surface area contributed by atoms with Crippen LogP contribution in [0.25, 0.3) is 22.2 Å². The molecule has 3 heterocycles. The van der Waals surface area contributed by atoms with Crippen molar-refractivity contribution in [2.45, 2.75) is 12.5 Å². The zero-order valence-electron chi connectivity index (χ0n) is 17.3. The Morgan fingerprint density at radius 3 is 2.84 bits per heavy atom. The van der Waals surface area contributed by atoms with E-state index < -0.39 is 6.03 Å². The van der Waals surface area contributed by atoms with Crippen LogP contribution < -0.4 is 15.8 Å². The monoisotopic (exact) mass is 431 g/mol. The van der Waals surface area contributed by atoms with Crippen molar-refractivity contribution < 1.29 is 18.8 Å². The lowest BCUT2D eigenvalue weighted by molar-refractivity contribution is -0.0830. The van der Waals surface area contributed by atoms with Crippen molar-refractivity contribution in [3.8, 4) is 17.0 Å². The Hall–Kier alpha value is -4.11. The summed E-state index contributed by atoms with van der Waals surface area (Å²) < 4.78 is 10.8. The molecule has 0 saturated carbocycles. The number of hydrogen-bond donors (Lipinski definition) is 2. The normalized spacial score (nSPS) is 15.8. The molecule has 0 aliphatic carbocycles. The summed E-state index contributed by atoms with van der Waals surface area (Å²) in [6, 6.07) is 16.6. The summed E-state index contributed by atoms with van der Waals surface area (Å²) in [5, 5.41) is 4.24. The Kier molecular flexibility index (Phi) is 5.08. The number of carbonyl (C=O) groups is 1. The molecule has 2 amide bonds. The van der Waals surface area contributed by atoms with E-state index in [4.69, 9.17) is 19.7 Å². The third kappa shape index (κ3) is 3.69. The molecule has 1 saturated heterocycles. The number of carbonyl (C=O) groups excluding carboxylic acids is 1. The molecule has 0 bridgehead atoms. The molecule has 1 aliphatic rings. The molecule has 4 aromatic rings. The van der Waals surface area contributed by atoms with Gasteiger partial charge in [-0.15, -0.1) is 0 Å². The number of hydrogen-bond acceptors (Lipinski definition) is 7. The highest BCUT2D eigenvalue weighted by molar-refractivity contribution is 5.91. The van der Waals surface area contributed by atoms with Crippen LogP contribution in [0, 0.1) is 0 Å². The summed E-state index contributed by atoms with van der Waals surface area (Å²) >= 11 is 0. The van der Waals surface area contributed by atoms with E-state index in [0.717, 1.165) is 16.7 Å². The molecule has 1 aliphatic heterocycles. The molecule has 2 aromatic heterocycles. The van der Waals surface area contributed by atoms with Gasteiger partial charge < -0.3 is 20.2 Å². The number of hydroxylamine groups is 2. The van der Waals surface area contributed by atoms with Gasteiger partial charge in [-0.05, 0) is 29.3 Å². The molecule has 32 heavy (non-hydrogen) atoms. The number of pyridine rings is 1. The fraction of sp³-hybridized carbons (Fsp3) is 0.174. The number of benzene rings is 2. The number of fused-ring (bicyclic) bond motifs is 1. The predicted molar refractivity (Wildman–Crippen MR) is 119 cm³/mol. The molecule has 5 rings (SSSR count). The maximum Gasteiger partial charge on any atom is 0.346 e. The van der Waals surface area contributed by atoms with Gasteiger partial charge in [0.15, 0.2) is 5.58 Å². The standard InChI is InChI=1S/C23H21N5O4/c1-30-21-18(27-23(29)28-19(9-10-31-28)14-5-3-2-4-6-14)11-16(13-25-21)15-7-8-17-20(12-15)32-22(24)26-17/h2-8,11-13,19H,9-10H2,1H3,(H2,24,26)(H,27,29)/t19-/m0/s1. The fourth-order valence-corrected chi connectivity index (χ4v) is 3.80. The topological polar surface area (TPSA) is 116 Å². The molecule has 1 fully saturated rings. The van der Waals surface area contributed by atoms with Gasteiger partial charge in [-0.25, -0.2) is 9.78 Å². The van der Waals surface area contributed by atoms with Gasteiger partial charge in [0.1, 0.15) is 11.2 Å². The zero-order chi connectivity index (χ0) is 22.1. The first-order chi connectivity index (χ1) is 15.6. The van der Waals surface area contributed by atoms with Gasteiger partial charge in [0.2, 0.25) is 5.88 Å². The minimum absolute atomic E-state index is 0.108. The molecule has 9 heteroatoms. The average molecular weight is 431 g/mol. The Morgan fingerprint density at radius 2 is 2.03 bits per heavy atom. The van der Waals surface area contributed by atoms with Crippen LogP contribution in [0.5, 0.6) is 5.88 Å². The van der Waals surface area contributed by atoms with Crippen molar-refractivity contribution in [3.63, 3.8) is 0 Å². The van der Waals surface area contributed by atoms with Crippen molar-refractivity contribution in [3.05, 3.63) is 66.4 Å². The lowest BCUT2D eigenvalue weighted by atomic mass is 10.1. The maximum absolute atomic E-state index is 13.1. The number of nitrogens with two attached hydrogens (primary N) is 1.